The summed E-state index contributed by atoms with van der Waals surface area (Å²) in [5, 5.41) is 11.5. The predicted octanol–water partition coefficient (Wildman–Crippen LogP) is 2.63. The molecule has 1 heterocycles. The molecule has 2 N–H and O–H groups in total. The van der Waals surface area contributed by atoms with E-state index in [0.29, 0.717) is 0 Å². The average molecular weight is 483 g/mol. The maximum absolute atomic E-state index is 13.1. The second kappa shape index (κ2) is 10.1. The first-order valence-corrected chi connectivity index (χ1v) is 11.5. The number of alkyl carbamates (subject to hydrolysis) is 1. The Morgan fingerprint density at radius 1 is 1.09 bits per heavy atom. The van der Waals surface area contributed by atoms with Crippen molar-refractivity contribution >= 4 is 18.0 Å². The van der Waals surface area contributed by atoms with Gasteiger partial charge in [-0.15, -0.1) is 0 Å². The normalized spacial score (nSPS) is 17.5. The second-order valence-corrected chi connectivity index (χ2v) is 9.21. The summed E-state index contributed by atoms with van der Waals surface area (Å²) >= 11 is 0. The van der Waals surface area contributed by atoms with Gasteiger partial charge in [0, 0.05) is 13.0 Å². The Bertz CT molecular complexity index is 1070. The van der Waals surface area contributed by atoms with E-state index in [2.05, 4.69) is 17.4 Å². The highest BCUT2D eigenvalue weighted by Gasteiger charge is 2.46. The zero-order chi connectivity index (χ0) is 25.2. The highest BCUT2D eigenvalue weighted by Crippen LogP contribution is 2.44. The molecule has 2 aliphatic rings. The van der Waals surface area contributed by atoms with Crippen molar-refractivity contribution in [2.75, 3.05) is 33.4 Å². The summed E-state index contributed by atoms with van der Waals surface area (Å²) in [6, 6.07) is 15.1. The van der Waals surface area contributed by atoms with E-state index in [-0.39, 0.29) is 31.5 Å². The number of carbonyl (C=O) groups is 3. The van der Waals surface area contributed by atoms with E-state index in [1.165, 1.54) is 12.0 Å². The zero-order valence-electron chi connectivity index (χ0n) is 20.0. The summed E-state index contributed by atoms with van der Waals surface area (Å²) in [4.78, 5) is 38.1. The Hall–Kier alpha value is -3.43. The third kappa shape index (κ3) is 5.16. The molecule has 0 bridgehead atoms. The number of carboxylic acid groups (broad SMARTS) is 1. The van der Waals surface area contributed by atoms with Gasteiger partial charge in [-0.25, -0.2) is 9.59 Å². The molecule has 0 unspecified atom stereocenters. The predicted molar refractivity (Wildman–Crippen MR) is 127 cm³/mol. The van der Waals surface area contributed by atoms with Crippen LogP contribution < -0.4 is 5.32 Å². The molecule has 0 aromatic heterocycles. The van der Waals surface area contributed by atoms with Gasteiger partial charge in [-0.2, -0.15) is 0 Å². The molecule has 1 fully saturated rings. The SMILES string of the molecule is CO[C@H](C)[C@H](NC(=O)OCC1c2ccccc2-c2ccccc21)C(=O)N1CC(C)(OCC(=O)O)C1. The number of nitrogens with one attached hydrogen (secondary N) is 1. The lowest BCUT2D eigenvalue weighted by Gasteiger charge is -2.48. The number of fused-ring (bicyclic) bond motifs is 3. The number of carboxylic acids is 1. The molecule has 2 amide bonds. The summed E-state index contributed by atoms with van der Waals surface area (Å²) in [6.07, 6.45) is -1.31. The smallest absolute Gasteiger partial charge is 0.407 e. The van der Waals surface area contributed by atoms with Crippen LogP contribution in [0.4, 0.5) is 4.79 Å². The molecule has 4 rings (SSSR count). The Balaban J connectivity index is 1.38. The van der Waals surface area contributed by atoms with E-state index in [1.54, 1.807) is 13.8 Å². The highest BCUT2D eigenvalue weighted by atomic mass is 16.6. The number of aliphatic carboxylic acids is 1. The first-order chi connectivity index (χ1) is 16.7. The lowest BCUT2D eigenvalue weighted by molar-refractivity contribution is -0.175. The molecule has 0 saturated carbocycles. The molecule has 1 aliphatic carbocycles. The van der Waals surface area contributed by atoms with E-state index >= 15 is 0 Å². The minimum absolute atomic E-state index is 0.0929. The molecule has 35 heavy (non-hydrogen) atoms. The highest BCUT2D eigenvalue weighted by molar-refractivity contribution is 5.87. The van der Waals surface area contributed by atoms with E-state index < -0.39 is 36.4 Å². The number of ether oxygens (including phenoxy) is 3. The third-order valence-electron chi connectivity index (χ3n) is 6.63. The Morgan fingerprint density at radius 3 is 2.20 bits per heavy atom. The summed E-state index contributed by atoms with van der Waals surface area (Å²) in [7, 11) is 1.46. The summed E-state index contributed by atoms with van der Waals surface area (Å²) in [6.45, 7) is 3.57. The van der Waals surface area contributed by atoms with Gasteiger partial charge in [-0.3, -0.25) is 4.79 Å². The molecule has 2 aromatic carbocycles. The molecule has 9 nitrogen and oxygen atoms in total. The van der Waals surface area contributed by atoms with Gasteiger partial charge in [0.2, 0.25) is 5.91 Å². The van der Waals surface area contributed by atoms with Crippen molar-refractivity contribution in [3.05, 3.63) is 59.7 Å². The molecular weight excluding hydrogens is 452 g/mol. The number of hydrogen-bond acceptors (Lipinski definition) is 6. The lowest BCUT2D eigenvalue weighted by Crippen LogP contribution is -2.67. The van der Waals surface area contributed by atoms with Gasteiger partial charge in [-0.1, -0.05) is 48.5 Å². The van der Waals surface area contributed by atoms with Crippen molar-refractivity contribution in [1.82, 2.24) is 10.2 Å². The van der Waals surface area contributed by atoms with Crippen LogP contribution in [0.15, 0.2) is 48.5 Å². The van der Waals surface area contributed by atoms with E-state index in [9.17, 15) is 14.4 Å². The van der Waals surface area contributed by atoms with Crippen molar-refractivity contribution in [3.63, 3.8) is 0 Å². The molecule has 2 aromatic rings. The van der Waals surface area contributed by atoms with Crippen molar-refractivity contribution in [2.45, 2.75) is 37.5 Å². The number of rotatable bonds is 9. The van der Waals surface area contributed by atoms with Crippen molar-refractivity contribution < 1.29 is 33.7 Å². The van der Waals surface area contributed by atoms with Gasteiger partial charge in [0.15, 0.2) is 0 Å². The topological polar surface area (TPSA) is 114 Å². The Kier molecular flexibility index (Phi) is 7.09. The van der Waals surface area contributed by atoms with Crippen LogP contribution in [0.3, 0.4) is 0 Å². The Labute approximate surface area is 204 Å². The standard InChI is InChI=1S/C26H30N2O7/c1-16(33-3)23(24(31)28-14-26(2,15-28)35-13-22(29)30)27-25(32)34-12-21-19-10-6-4-8-17(19)18-9-5-7-11-20(18)21/h4-11,16,21,23H,12-15H2,1-3H3,(H,27,32)(H,29,30)/t16-,23+/m1/s1. The molecular formula is C26H30N2O7. The van der Waals surface area contributed by atoms with E-state index in [4.69, 9.17) is 19.3 Å². The summed E-state index contributed by atoms with van der Waals surface area (Å²) < 4.78 is 16.3. The summed E-state index contributed by atoms with van der Waals surface area (Å²) in [5.74, 6) is -1.51. The first-order valence-electron chi connectivity index (χ1n) is 11.5. The zero-order valence-corrected chi connectivity index (χ0v) is 20.0. The molecule has 1 saturated heterocycles. The third-order valence-corrected chi connectivity index (χ3v) is 6.63. The monoisotopic (exact) mass is 482 g/mol. The first kappa shape index (κ1) is 24.7. The number of methoxy groups -OCH3 is 1. The van der Waals surface area contributed by atoms with Gasteiger partial charge in [-0.05, 0) is 36.1 Å². The molecule has 2 atom stereocenters. The van der Waals surface area contributed by atoms with Crippen LogP contribution >= 0.6 is 0 Å². The number of likely N-dealkylation sites (tertiary alicyclic amines) is 1. The van der Waals surface area contributed by atoms with Crippen LogP contribution in [0.25, 0.3) is 11.1 Å². The fourth-order valence-corrected chi connectivity index (χ4v) is 4.72. The molecule has 9 heteroatoms. The van der Waals surface area contributed by atoms with Gasteiger partial charge in [0.25, 0.3) is 0 Å². The van der Waals surface area contributed by atoms with Crippen LogP contribution in [-0.4, -0.2) is 79.1 Å². The number of nitrogens with zero attached hydrogens (tertiary/aromatic N) is 1. The fourth-order valence-electron chi connectivity index (χ4n) is 4.72. The van der Waals surface area contributed by atoms with Crippen LogP contribution in [0.1, 0.15) is 30.9 Å². The molecule has 186 valence electrons. The number of hydrogen-bond donors (Lipinski definition) is 2. The minimum atomic E-state index is -1.07. The van der Waals surface area contributed by atoms with Crippen molar-refractivity contribution in [2.24, 2.45) is 0 Å². The molecule has 1 aliphatic heterocycles. The second-order valence-electron chi connectivity index (χ2n) is 9.21. The van der Waals surface area contributed by atoms with E-state index in [0.717, 1.165) is 22.3 Å². The van der Waals surface area contributed by atoms with Gasteiger partial charge in [0.05, 0.1) is 19.2 Å². The number of carbonyl (C=O) groups excluding carboxylic acids is 2. The largest absolute Gasteiger partial charge is 0.480 e. The van der Waals surface area contributed by atoms with Gasteiger partial charge in [0.1, 0.15) is 24.9 Å². The quantitative estimate of drug-likeness (QED) is 0.565. The molecule has 0 radical (unpaired) electrons. The summed E-state index contributed by atoms with van der Waals surface area (Å²) in [5.41, 5.74) is 3.72. The maximum atomic E-state index is 13.1. The average Bonchev–Trinajstić information content (AvgIpc) is 3.16. The fraction of sp³-hybridized carbons (Fsp3) is 0.423. The minimum Gasteiger partial charge on any atom is -0.480 e. The van der Waals surface area contributed by atoms with Crippen LogP contribution in [0.2, 0.25) is 0 Å². The lowest BCUT2D eigenvalue weighted by atomic mass is 9.94. The van der Waals surface area contributed by atoms with Crippen LogP contribution in [-0.2, 0) is 23.8 Å². The van der Waals surface area contributed by atoms with Crippen molar-refractivity contribution in [3.8, 4) is 11.1 Å². The van der Waals surface area contributed by atoms with Crippen LogP contribution in [0.5, 0.6) is 0 Å². The van der Waals surface area contributed by atoms with Gasteiger partial charge >= 0.3 is 12.1 Å². The molecule has 0 spiro atoms. The van der Waals surface area contributed by atoms with Gasteiger partial charge < -0.3 is 29.5 Å². The number of amides is 2. The Morgan fingerprint density at radius 2 is 1.66 bits per heavy atom. The van der Waals surface area contributed by atoms with Crippen LogP contribution in [0, 0.1) is 0 Å². The van der Waals surface area contributed by atoms with Crippen molar-refractivity contribution in [1.29, 1.82) is 0 Å². The van der Waals surface area contributed by atoms with E-state index in [1.807, 2.05) is 36.4 Å². The number of benzene rings is 2. The maximum Gasteiger partial charge on any atom is 0.407 e.